The van der Waals surface area contributed by atoms with Crippen LogP contribution < -0.4 is 4.72 Å². The Morgan fingerprint density at radius 3 is 2.39 bits per heavy atom. The Labute approximate surface area is 107 Å². The summed E-state index contributed by atoms with van der Waals surface area (Å²) in [5.41, 5.74) is 0. The third-order valence-corrected chi connectivity index (χ3v) is 5.38. The van der Waals surface area contributed by atoms with Crippen LogP contribution in [0.4, 0.5) is 0 Å². The second kappa shape index (κ2) is 5.34. The number of hydrogen-bond acceptors (Lipinski definition) is 5. The molecule has 0 saturated carbocycles. The van der Waals surface area contributed by atoms with E-state index in [4.69, 9.17) is 0 Å². The van der Waals surface area contributed by atoms with Crippen molar-refractivity contribution in [2.75, 3.05) is 26.4 Å². The van der Waals surface area contributed by atoms with Gasteiger partial charge in [-0.2, -0.15) is 0 Å². The van der Waals surface area contributed by atoms with Crippen molar-refractivity contribution >= 4 is 20.0 Å². The zero-order valence-electron chi connectivity index (χ0n) is 10.3. The van der Waals surface area contributed by atoms with Gasteiger partial charge in [-0.1, -0.05) is 0 Å². The van der Waals surface area contributed by atoms with E-state index in [1.807, 2.05) is 0 Å². The van der Waals surface area contributed by atoms with Gasteiger partial charge in [0.15, 0.2) is 5.03 Å². The summed E-state index contributed by atoms with van der Waals surface area (Å²) < 4.78 is 49.5. The summed E-state index contributed by atoms with van der Waals surface area (Å²) in [7, 11) is -4.37. The number of nitrogens with one attached hydrogen (secondary N) is 2. The summed E-state index contributed by atoms with van der Waals surface area (Å²) in [6, 6.07) is 0. The molecule has 1 aromatic rings. The molecule has 104 valence electrons. The SMILES string of the molecule is Cc1ncc(S(=O)(=O)NCCS(=O)(=O)N(C)C)[nH]1. The van der Waals surface area contributed by atoms with Crippen molar-refractivity contribution in [1.82, 2.24) is 19.0 Å². The molecule has 0 aliphatic rings. The molecule has 0 bridgehead atoms. The zero-order chi connectivity index (χ0) is 14.0. The lowest BCUT2D eigenvalue weighted by atomic mass is 10.8. The summed E-state index contributed by atoms with van der Waals surface area (Å²) in [6.45, 7) is 1.43. The first-order chi connectivity index (χ1) is 8.15. The van der Waals surface area contributed by atoms with Crippen molar-refractivity contribution < 1.29 is 16.8 Å². The number of hydrogen-bond donors (Lipinski definition) is 2. The Morgan fingerprint density at radius 2 is 1.94 bits per heavy atom. The number of nitrogens with zero attached hydrogens (tertiary/aromatic N) is 2. The Kier molecular flexibility index (Phi) is 4.48. The lowest BCUT2D eigenvalue weighted by Gasteiger charge is -2.11. The van der Waals surface area contributed by atoms with E-state index in [0.717, 1.165) is 4.31 Å². The van der Waals surface area contributed by atoms with Crippen LogP contribution in [0.1, 0.15) is 5.82 Å². The van der Waals surface area contributed by atoms with Gasteiger partial charge in [-0.05, 0) is 6.92 Å². The fourth-order valence-electron chi connectivity index (χ4n) is 1.10. The van der Waals surface area contributed by atoms with Crippen LogP contribution in [0.3, 0.4) is 0 Å². The van der Waals surface area contributed by atoms with Gasteiger partial charge in [0, 0.05) is 20.6 Å². The Hall–Kier alpha value is -0.970. The molecular formula is C8H16N4O4S2. The third kappa shape index (κ3) is 3.77. The fourth-order valence-corrected chi connectivity index (χ4v) is 2.95. The minimum atomic E-state index is -3.74. The van der Waals surface area contributed by atoms with Crippen LogP contribution in [0.25, 0.3) is 0 Å². The predicted octanol–water partition coefficient (Wildman–Crippen LogP) is -1.11. The highest BCUT2D eigenvalue weighted by molar-refractivity contribution is 7.90. The molecule has 0 spiro atoms. The normalized spacial score (nSPS) is 13.1. The fraction of sp³-hybridized carbons (Fsp3) is 0.625. The summed E-state index contributed by atoms with van der Waals surface area (Å²) in [6.07, 6.45) is 1.18. The maximum Gasteiger partial charge on any atom is 0.257 e. The van der Waals surface area contributed by atoms with Gasteiger partial charge in [0.2, 0.25) is 10.0 Å². The van der Waals surface area contributed by atoms with Crippen molar-refractivity contribution in [3.63, 3.8) is 0 Å². The van der Waals surface area contributed by atoms with Gasteiger partial charge in [0.05, 0.1) is 11.9 Å². The number of H-pyrrole nitrogens is 1. The van der Waals surface area contributed by atoms with Gasteiger partial charge in [-0.3, -0.25) is 0 Å². The molecule has 0 unspecified atom stereocenters. The number of aromatic amines is 1. The molecule has 1 rings (SSSR count). The van der Waals surface area contributed by atoms with Gasteiger partial charge in [0.25, 0.3) is 10.0 Å². The van der Waals surface area contributed by atoms with Gasteiger partial charge < -0.3 is 4.98 Å². The zero-order valence-corrected chi connectivity index (χ0v) is 12.0. The van der Waals surface area contributed by atoms with Crippen molar-refractivity contribution in [2.24, 2.45) is 0 Å². The van der Waals surface area contributed by atoms with Crippen molar-refractivity contribution in [3.05, 3.63) is 12.0 Å². The largest absolute Gasteiger partial charge is 0.332 e. The molecule has 0 aromatic carbocycles. The average Bonchev–Trinajstić information content (AvgIpc) is 2.64. The summed E-state index contributed by atoms with van der Waals surface area (Å²) in [5.74, 6) is 0.170. The lowest BCUT2D eigenvalue weighted by molar-refractivity contribution is 0.519. The topological polar surface area (TPSA) is 112 Å². The van der Waals surface area contributed by atoms with E-state index in [9.17, 15) is 16.8 Å². The minimum Gasteiger partial charge on any atom is -0.332 e. The van der Waals surface area contributed by atoms with Gasteiger partial charge in [-0.25, -0.2) is 30.8 Å². The molecule has 1 heterocycles. The van der Waals surface area contributed by atoms with Gasteiger partial charge >= 0.3 is 0 Å². The molecule has 0 saturated heterocycles. The molecule has 0 fully saturated rings. The standard InChI is InChI=1S/C8H16N4O4S2/c1-7-9-6-8(11-7)18(15,16)10-4-5-17(13,14)12(2)3/h6,10H,4-5H2,1-3H3,(H,9,11). The maximum absolute atomic E-state index is 11.7. The summed E-state index contributed by atoms with van der Waals surface area (Å²) >= 11 is 0. The van der Waals surface area contributed by atoms with Crippen molar-refractivity contribution in [2.45, 2.75) is 11.9 Å². The van der Waals surface area contributed by atoms with Crippen LogP contribution in [0.15, 0.2) is 11.2 Å². The van der Waals surface area contributed by atoms with Gasteiger partial charge in [0.1, 0.15) is 5.82 Å². The first-order valence-electron chi connectivity index (χ1n) is 5.06. The van der Waals surface area contributed by atoms with Crippen LogP contribution in [-0.2, 0) is 20.0 Å². The van der Waals surface area contributed by atoms with E-state index in [0.29, 0.717) is 5.82 Å². The Bertz CT molecular complexity index is 603. The molecule has 0 aliphatic carbocycles. The molecule has 0 radical (unpaired) electrons. The highest BCUT2D eigenvalue weighted by Gasteiger charge is 2.19. The maximum atomic E-state index is 11.7. The second-order valence-corrected chi connectivity index (χ2v) is 7.87. The van der Waals surface area contributed by atoms with E-state index in [2.05, 4.69) is 14.7 Å². The van der Waals surface area contributed by atoms with Gasteiger partial charge in [-0.15, -0.1) is 0 Å². The van der Waals surface area contributed by atoms with E-state index < -0.39 is 20.0 Å². The highest BCUT2D eigenvalue weighted by Crippen LogP contribution is 2.04. The number of rotatable bonds is 6. The lowest BCUT2D eigenvalue weighted by Crippen LogP contribution is -2.34. The Balaban J connectivity index is 2.65. The highest BCUT2D eigenvalue weighted by atomic mass is 32.2. The molecule has 1 aromatic heterocycles. The molecule has 2 N–H and O–H groups in total. The molecule has 18 heavy (non-hydrogen) atoms. The third-order valence-electron chi connectivity index (χ3n) is 2.18. The molecular weight excluding hydrogens is 280 g/mol. The van der Waals surface area contributed by atoms with E-state index >= 15 is 0 Å². The summed E-state index contributed by atoms with van der Waals surface area (Å²) in [4.78, 5) is 6.33. The van der Waals surface area contributed by atoms with E-state index in [-0.39, 0.29) is 17.3 Å². The van der Waals surface area contributed by atoms with Crippen LogP contribution in [0, 0.1) is 6.92 Å². The van der Waals surface area contributed by atoms with Crippen LogP contribution in [-0.4, -0.2) is 57.5 Å². The quantitative estimate of drug-likeness (QED) is 0.691. The average molecular weight is 296 g/mol. The molecule has 10 heteroatoms. The molecule has 0 amide bonds. The number of sulfonamides is 2. The van der Waals surface area contributed by atoms with Crippen molar-refractivity contribution in [3.8, 4) is 0 Å². The number of imidazole rings is 1. The minimum absolute atomic E-state index is 0.0812. The molecule has 0 atom stereocenters. The summed E-state index contributed by atoms with van der Waals surface area (Å²) in [5, 5.41) is -0.0812. The van der Waals surface area contributed by atoms with Crippen LogP contribution >= 0.6 is 0 Å². The number of aromatic nitrogens is 2. The smallest absolute Gasteiger partial charge is 0.257 e. The predicted molar refractivity (Wildman–Crippen MR) is 66.0 cm³/mol. The molecule has 0 aliphatic heterocycles. The second-order valence-electron chi connectivity index (χ2n) is 3.83. The first-order valence-corrected chi connectivity index (χ1v) is 8.16. The molecule has 8 nitrogen and oxygen atoms in total. The van der Waals surface area contributed by atoms with Crippen LogP contribution in [0.2, 0.25) is 0 Å². The Morgan fingerprint density at radius 1 is 1.33 bits per heavy atom. The first kappa shape index (κ1) is 15.1. The van der Waals surface area contributed by atoms with E-state index in [1.165, 1.54) is 20.3 Å². The van der Waals surface area contributed by atoms with Crippen LogP contribution in [0.5, 0.6) is 0 Å². The monoisotopic (exact) mass is 296 g/mol. The van der Waals surface area contributed by atoms with E-state index in [1.54, 1.807) is 6.92 Å². The number of aryl methyl sites for hydroxylation is 1. The van der Waals surface area contributed by atoms with Crippen molar-refractivity contribution in [1.29, 1.82) is 0 Å².